The van der Waals surface area contributed by atoms with Crippen LogP contribution in [0.15, 0.2) is 0 Å². The van der Waals surface area contributed by atoms with Gasteiger partial charge in [-0.25, -0.2) is 0 Å². The van der Waals surface area contributed by atoms with Gasteiger partial charge in [0.2, 0.25) is 0 Å². The molecule has 1 spiro atoms. The first-order valence-electron chi connectivity index (χ1n) is 8.23. The number of hydrogen-bond donors (Lipinski definition) is 1. The van der Waals surface area contributed by atoms with E-state index in [9.17, 15) is 0 Å². The lowest BCUT2D eigenvalue weighted by molar-refractivity contribution is 0.134. The summed E-state index contributed by atoms with van der Waals surface area (Å²) in [6.07, 6.45) is 14.7. The van der Waals surface area contributed by atoms with Gasteiger partial charge >= 0.3 is 0 Å². The van der Waals surface area contributed by atoms with Crippen molar-refractivity contribution in [2.24, 2.45) is 5.41 Å². The average molecular weight is 250 g/mol. The molecule has 3 aliphatic rings. The summed E-state index contributed by atoms with van der Waals surface area (Å²) in [6.45, 7) is 2.83. The maximum absolute atomic E-state index is 3.45. The van der Waals surface area contributed by atoms with Crippen LogP contribution < -0.4 is 5.32 Å². The van der Waals surface area contributed by atoms with Crippen LogP contribution in [0.4, 0.5) is 0 Å². The van der Waals surface area contributed by atoms with Gasteiger partial charge in [0.05, 0.1) is 0 Å². The van der Waals surface area contributed by atoms with Gasteiger partial charge in [-0.15, -0.1) is 0 Å². The van der Waals surface area contributed by atoms with Crippen LogP contribution in [0.3, 0.4) is 0 Å². The minimum atomic E-state index is 0.748. The normalized spacial score (nSPS) is 37.2. The van der Waals surface area contributed by atoms with Gasteiger partial charge in [0, 0.05) is 18.6 Å². The monoisotopic (exact) mass is 250 g/mol. The highest BCUT2D eigenvalue weighted by Crippen LogP contribution is 2.45. The Kier molecular flexibility index (Phi) is 3.95. The Balaban J connectivity index is 1.53. The Hall–Kier alpha value is -0.0800. The van der Waals surface area contributed by atoms with Crippen molar-refractivity contribution in [1.82, 2.24) is 10.2 Å². The third-order valence-electron chi connectivity index (χ3n) is 6.00. The zero-order chi connectivity index (χ0) is 12.4. The van der Waals surface area contributed by atoms with Gasteiger partial charge in [-0.2, -0.15) is 0 Å². The van der Waals surface area contributed by atoms with Gasteiger partial charge in [0.1, 0.15) is 0 Å². The first-order valence-corrected chi connectivity index (χ1v) is 8.23. The Morgan fingerprint density at radius 2 is 1.67 bits per heavy atom. The van der Waals surface area contributed by atoms with E-state index in [4.69, 9.17) is 0 Å². The smallest absolute Gasteiger partial charge is 0.00966 e. The molecule has 0 aromatic carbocycles. The lowest BCUT2D eigenvalue weighted by atomic mass is 9.73. The third-order valence-corrected chi connectivity index (χ3v) is 6.00. The van der Waals surface area contributed by atoms with Gasteiger partial charge in [0.15, 0.2) is 0 Å². The molecule has 0 aromatic heterocycles. The van der Waals surface area contributed by atoms with Crippen LogP contribution in [0.2, 0.25) is 0 Å². The van der Waals surface area contributed by atoms with Crippen molar-refractivity contribution in [2.75, 3.05) is 20.1 Å². The molecule has 1 N–H and O–H groups in total. The molecule has 0 aromatic rings. The predicted molar refractivity (Wildman–Crippen MR) is 76.8 cm³/mol. The fourth-order valence-corrected chi connectivity index (χ4v) is 4.72. The highest BCUT2D eigenvalue weighted by molar-refractivity contribution is 4.95. The van der Waals surface area contributed by atoms with E-state index in [0.29, 0.717) is 0 Å². The molecule has 1 heterocycles. The van der Waals surface area contributed by atoms with E-state index in [1.54, 1.807) is 0 Å². The second-order valence-corrected chi connectivity index (χ2v) is 7.08. The first-order chi connectivity index (χ1) is 8.81. The highest BCUT2D eigenvalue weighted by atomic mass is 15.2. The minimum Gasteiger partial charge on any atom is -0.317 e. The van der Waals surface area contributed by atoms with Gasteiger partial charge in [-0.05, 0) is 64.0 Å². The molecule has 2 heteroatoms. The van der Waals surface area contributed by atoms with Crippen LogP contribution in [-0.4, -0.2) is 37.1 Å². The Bertz CT molecular complexity index is 262. The average Bonchev–Trinajstić information content (AvgIpc) is 2.83. The van der Waals surface area contributed by atoms with Crippen LogP contribution in [0.1, 0.15) is 64.2 Å². The fourth-order valence-electron chi connectivity index (χ4n) is 4.72. The Morgan fingerprint density at radius 3 is 2.33 bits per heavy atom. The standard InChI is InChI=1S/C16H30N2/c1-17-14-5-7-15(8-6-14)18-12-11-16(13-18)9-3-2-4-10-16/h14-15,17H,2-13H2,1H3. The lowest BCUT2D eigenvalue weighted by Gasteiger charge is -2.37. The third kappa shape index (κ3) is 2.60. The molecule has 2 nitrogen and oxygen atoms in total. The van der Waals surface area contributed by atoms with Gasteiger partial charge in [0.25, 0.3) is 0 Å². The van der Waals surface area contributed by atoms with Crippen LogP contribution in [-0.2, 0) is 0 Å². The molecular weight excluding hydrogens is 220 g/mol. The summed E-state index contributed by atoms with van der Waals surface area (Å²) < 4.78 is 0. The van der Waals surface area contributed by atoms with Crippen LogP contribution in [0.25, 0.3) is 0 Å². The molecule has 0 bridgehead atoms. The van der Waals surface area contributed by atoms with Gasteiger partial charge in [-0.3, -0.25) is 4.90 Å². The summed E-state index contributed by atoms with van der Waals surface area (Å²) in [5.74, 6) is 0. The zero-order valence-corrected chi connectivity index (χ0v) is 12.1. The van der Waals surface area contributed by atoms with Gasteiger partial charge in [-0.1, -0.05) is 19.3 Å². The first kappa shape index (κ1) is 12.9. The molecule has 2 saturated carbocycles. The van der Waals surface area contributed by atoms with Crippen LogP contribution in [0, 0.1) is 5.41 Å². The van der Waals surface area contributed by atoms with E-state index in [-0.39, 0.29) is 0 Å². The van der Waals surface area contributed by atoms with E-state index < -0.39 is 0 Å². The summed E-state index contributed by atoms with van der Waals surface area (Å²) in [4.78, 5) is 2.86. The molecule has 1 aliphatic heterocycles. The number of nitrogens with zero attached hydrogens (tertiary/aromatic N) is 1. The molecule has 0 radical (unpaired) electrons. The van der Waals surface area contributed by atoms with E-state index in [1.165, 1.54) is 77.3 Å². The fraction of sp³-hybridized carbons (Fsp3) is 1.00. The molecule has 3 fully saturated rings. The van der Waals surface area contributed by atoms with Crippen molar-refractivity contribution in [3.05, 3.63) is 0 Å². The quantitative estimate of drug-likeness (QED) is 0.810. The maximum atomic E-state index is 3.45. The molecule has 0 amide bonds. The van der Waals surface area contributed by atoms with E-state index >= 15 is 0 Å². The van der Waals surface area contributed by atoms with Crippen molar-refractivity contribution >= 4 is 0 Å². The topological polar surface area (TPSA) is 15.3 Å². The molecular formula is C16H30N2. The van der Waals surface area contributed by atoms with Crippen LogP contribution >= 0.6 is 0 Å². The number of rotatable bonds is 2. The summed E-state index contributed by atoms with van der Waals surface area (Å²) in [5, 5.41) is 3.45. The second kappa shape index (κ2) is 5.50. The van der Waals surface area contributed by atoms with E-state index in [2.05, 4.69) is 17.3 Å². The van der Waals surface area contributed by atoms with E-state index in [0.717, 1.165) is 17.5 Å². The molecule has 1 saturated heterocycles. The second-order valence-electron chi connectivity index (χ2n) is 7.08. The van der Waals surface area contributed by atoms with Crippen molar-refractivity contribution in [2.45, 2.75) is 76.3 Å². The highest BCUT2D eigenvalue weighted by Gasteiger charge is 2.41. The molecule has 104 valence electrons. The van der Waals surface area contributed by atoms with Crippen molar-refractivity contribution in [1.29, 1.82) is 0 Å². The lowest BCUT2D eigenvalue weighted by Crippen LogP contribution is -2.41. The summed E-state index contributed by atoms with van der Waals surface area (Å²) in [6, 6.07) is 1.71. The Morgan fingerprint density at radius 1 is 0.944 bits per heavy atom. The number of nitrogens with one attached hydrogen (secondary N) is 1. The maximum Gasteiger partial charge on any atom is 0.00966 e. The summed E-state index contributed by atoms with van der Waals surface area (Å²) >= 11 is 0. The molecule has 2 aliphatic carbocycles. The summed E-state index contributed by atoms with van der Waals surface area (Å²) in [5.41, 5.74) is 0.748. The SMILES string of the molecule is CNC1CCC(N2CCC3(CCCCC3)C2)CC1. The molecule has 18 heavy (non-hydrogen) atoms. The van der Waals surface area contributed by atoms with E-state index in [1.807, 2.05) is 0 Å². The van der Waals surface area contributed by atoms with Crippen molar-refractivity contribution in [3.63, 3.8) is 0 Å². The molecule has 0 atom stereocenters. The summed E-state index contributed by atoms with van der Waals surface area (Å²) in [7, 11) is 2.12. The molecule has 3 rings (SSSR count). The largest absolute Gasteiger partial charge is 0.317 e. The van der Waals surface area contributed by atoms with Crippen molar-refractivity contribution < 1.29 is 0 Å². The Labute approximate surface area is 113 Å². The molecule has 0 unspecified atom stereocenters. The predicted octanol–water partition coefficient (Wildman–Crippen LogP) is 3.17. The number of likely N-dealkylation sites (tertiary alicyclic amines) is 1. The van der Waals surface area contributed by atoms with Gasteiger partial charge < -0.3 is 5.32 Å². The zero-order valence-electron chi connectivity index (χ0n) is 12.1. The number of hydrogen-bond acceptors (Lipinski definition) is 2. The minimum absolute atomic E-state index is 0.748. The van der Waals surface area contributed by atoms with Crippen LogP contribution in [0.5, 0.6) is 0 Å². The van der Waals surface area contributed by atoms with Crippen molar-refractivity contribution in [3.8, 4) is 0 Å².